The number of aryl methyl sites for hydroxylation is 2. The number of hydrogen-bond acceptors (Lipinski definition) is 10. The molecule has 0 aliphatic carbocycles. The van der Waals surface area contributed by atoms with Crippen molar-refractivity contribution in [2.24, 2.45) is 0 Å². The number of carboxylic acids is 2. The Balaban J connectivity index is 0.000000239. The first-order valence-corrected chi connectivity index (χ1v) is 22.2. The van der Waals surface area contributed by atoms with E-state index in [0.29, 0.717) is 39.2 Å². The van der Waals surface area contributed by atoms with Crippen LogP contribution in [-0.2, 0) is 22.4 Å². The van der Waals surface area contributed by atoms with Gasteiger partial charge in [0.05, 0.1) is 39.7 Å². The number of aromatic carboxylic acids is 2. The van der Waals surface area contributed by atoms with Gasteiger partial charge in [0, 0.05) is 46.1 Å². The highest BCUT2D eigenvalue weighted by molar-refractivity contribution is 9.69. The molecular formula is C39H32BBr3Cl2N4O8S2. The summed E-state index contributed by atoms with van der Waals surface area (Å²) in [6.45, 7) is 0. The molecule has 2 heterocycles. The Kier molecular flexibility index (Phi) is 18.9. The lowest BCUT2D eigenvalue weighted by atomic mass is 10.1. The standard InChI is InChI=1S/C20H17ClN2O4S.C19H15ClN2O4S.BBr3/c1-27-12-6-8-14(16(21)10-12)19-22-11-13(28-19)7-9-18(24)23-17-5-3-2-4-15(17)20(25)26;20-15-9-11(23)5-7-13(15)18-21-10-12(27-18)6-8-17(24)22-16-4-2-1-3-14(16)19(25)26;2-1(3)4/h2-6,8,10-11H,7,9H2,1H3,(H,23,24)(H,25,26);1-5,7,9-10,23H,6,8H2,(H,22,24)(H,25,26);. The van der Waals surface area contributed by atoms with Crippen molar-refractivity contribution in [3.8, 4) is 32.6 Å². The van der Waals surface area contributed by atoms with E-state index in [-0.39, 0.29) is 56.1 Å². The molecule has 0 aliphatic heterocycles. The molecule has 0 spiro atoms. The number of nitrogens with zero attached hydrogens (tertiary/aromatic N) is 2. The monoisotopic (exact) mass is 1070 g/mol. The molecule has 4 aromatic carbocycles. The van der Waals surface area contributed by atoms with Crippen LogP contribution in [0, 0.1) is 0 Å². The van der Waals surface area contributed by atoms with E-state index in [0.717, 1.165) is 20.3 Å². The summed E-state index contributed by atoms with van der Waals surface area (Å²) in [6, 6.07) is 22.6. The van der Waals surface area contributed by atoms with E-state index in [1.807, 2.05) is 12.1 Å². The highest BCUT2D eigenvalue weighted by atomic mass is 79.9. The number of carbonyl (C=O) groups excluding carboxylic acids is 2. The third kappa shape index (κ3) is 15.0. The molecule has 59 heavy (non-hydrogen) atoms. The second kappa shape index (κ2) is 23.5. The summed E-state index contributed by atoms with van der Waals surface area (Å²) in [4.78, 5) is 57.3. The van der Waals surface area contributed by atoms with Gasteiger partial charge in [-0.3, -0.25) is 9.59 Å². The van der Waals surface area contributed by atoms with Gasteiger partial charge in [-0.05, 0) is 73.5 Å². The number of carboxylic acid groups (broad SMARTS) is 2. The molecule has 12 nitrogen and oxygen atoms in total. The molecule has 0 atom stereocenters. The van der Waals surface area contributed by atoms with E-state index in [2.05, 4.69) is 67.9 Å². The summed E-state index contributed by atoms with van der Waals surface area (Å²) in [6.07, 6.45) is 4.77. The van der Waals surface area contributed by atoms with E-state index < -0.39 is 11.9 Å². The summed E-state index contributed by atoms with van der Waals surface area (Å²) in [5, 5.41) is 35.4. The number of ether oxygens (including phenoxy) is 1. The van der Waals surface area contributed by atoms with E-state index in [4.69, 9.17) is 33.0 Å². The van der Waals surface area contributed by atoms with E-state index in [9.17, 15) is 29.4 Å². The molecule has 2 aromatic heterocycles. The number of phenols is 1. The van der Waals surface area contributed by atoms with Gasteiger partial charge in [-0.1, -0.05) is 47.5 Å². The molecule has 20 heteroatoms. The number of rotatable bonds is 13. The first-order chi connectivity index (χ1) is 28.1. The summed E-state index contributed by atoms with van der Waals surface area (Å²) in [7, 11) is 1.58. The van der Waals surface area contributed by atoms with Gasteiger partial charge in [-0.15, -0.1) is 69.9 Å². The summed E-state index contributed by atoms with van der Waals surface area (Å²) in [5.74, 6) is -1.96. The number of hydrogen-bond donors (Lipinski definition) is 5. The van der Waals surface area contributed by atoms with Crippen molar-refractivity contribution in [3.63, 3.8) is 0 Å². The number of anilines is 2. The molecule has 2 amide bonds. The van der Waals surface area contributed by atoms with Crippen LogP contribution >= 0.6 is 93.1 Å². The molecule has 0 saturated carbocycles. The minimum Gasteiger partial charge on any atom is -0.508 e. The highest BCUT2D eigenvalue weighted by Gasteiger charge is 2.16. The molecule has 5 N–H and O–H groups in total. The lowest BCUT2D eigenvalue weighted by Gasteiger charge is -2.07. The molecule has 0 unspecified atom stereocenters. The maximum Gasteiger partial charge on any atom is 0.369 e. The number of aromatic hydroxyl groups is 1. The zero-order valence-electron chi connectivity index (χ0n) is 30.6. The Labute approximate surface area is 382 Å². The van der Waals surface area contributed by atoms with Crippen LogP contribution in [0.5, 0.6) is 11.5 Å². The van der Waals surface area contributed by atoms with Crippen LogP contribution in [-0.4, -0.2) is 59.3 Å². The van der Waals surface area contributed by atoms with Crippen LogP contribution in [0.15, 0.2) is 97.3 Å². The zero-order valence-corrected chi connectivity index (χ0v) is 38.5. The van der Waals surface area contributed by atoms with Crippen LogP contribution in [0.3, 0.4) is 0 Å². The molecule has 6 rings (SSSR count). The molecule has 0 radical (unpaired) electrons. The van der Waals surface area contributed by atoms with Crippen LogP contribution in [0.25, 0.3) is 21.1 Å². The second-order valence-corrected chi connectivity index (χ2v) is 21.3. The smallest absolute Gasteiger partial charge is 0.369 e. The van der Waals surface area contributed by atoms with Crippen LogP contribution in [0.1, 0.15) is 43.3 Å². The maximum atomic E-state index is 12.2. The lowest BCUT2D eigenvalue weighted by Crippen LogP contribution is -2.14. The van der Waals surface area contributed by atoms with E-state index in [1.54, 1.807) is 68.0 Å². The minimum atomic E-state index is -1.09. The van der Waals surface area contributed by atoms with Gasteiger partial charge in [-0.2, -0.15) is 0 Å². The van der Waals surface area contributed by atoms with Crippen molar-refractivity contribution in [2.75, 3.05) is 17.7 Å². The van der Waals surface area contributed by atoms with Crippen molar-refractivity contribution < 1.29 is 39.2 Å². The average Bonchev–Trinajstić information content (AvgIpc) is 3.87. The number of phenolic OH excluding ortho intramolecular Hbond substituents is 1. The van der Waals surface area contributed by atoms with Crippen LogP contribution < -0.4 is 15.4 Å². The first kappa shape index (κ1) is 47.4. The van der Waals surface area contributed by atoms with Crippen LogP contribution in [0.4, 0.5) is 11.4 Å². The quantitative estimate of drug-likeness (QED) is 0.0697. The number of benzene rings is 4. The predicted octanol–water partition coefficient (Wildman–Crippen LogP) is 11.3. The number of nitrogens with one attached hydrogen (secondary N) is 2. The number of thiazole rings is 2. The molecular weight excluding hydrogens is 1040 g/mol. The van der Waals surface area contributed by atoms with Gasteiger partial charge in [-0.25, -0.2) is 19.6 Å². The third-order valence-corrected chi connectivity index (χ3v) is 10.6. The fourth-order valence-corrected chi connectivity index (χ4v) is 7.56. The number of aromatic nitrogens is 2. The van der Waals surface area contributed by atoms with Crippen molar-refractivity contribution in [3.05, 3.63) is 128 Å². The summed E-state index contributed by atoms with van der Waals surface area (Å²) in [5.41, 5.74) is 2.19. The van der Waals surface area contributed by atoms with Gasteiger partial charge >= 0.3 is 15.1 Å². The SMILES string of the molecule is BrB(Br)Br.COc1ccc(-c2ncc(CCC(=O)Nc3ccccc3C(=O)O)s2)c(Cl)c1.O=C(CCc1cnc(-c2ccc(O)cc2Cl)s1)Nc1ccccc1C(=O)O. The van der Waals surface area contributed by atoms with Gasteiger partial charge in [0.1, 0.15) is 21.5 Å². The predicted molar refractivity (Wildman–Crippen MR) is 247 cm³/mol. The van der Waals surface area contributed by atoms with Gasteiger partial charge in [0.2, 0.25) is 11.8 Å². The largest absolute Gasteiger partial charge is 0.508 e. The number of amides is 2. The molecule has 306 valence electrons. The fraction of sp³-hybridized carbons (Fsp3) is 0.128. The van der Waals surface area contributed by atoms with Gasteiger partial charge < -0.3 is 30.7 Å². The van der Waals surface area contributed by atoms with Crippen molar-refractivity contribution in [1.82, 2.24) is 9.97 Å². The second-order valence-electron chi connectivity index (χ2n) is 11.8. The van der Waals surface area contributed by atoms with Crippen molar-refractivity contribution >= 4 is 131 Å². The molecule has 0 fully saturated rings. The first-order valence-electron chi connectivity index (χ1n) is 17.0. The number of methoxy groups -OCH3 is 1. The maximum absolute atomic E-state index is 12.2. The number of para-hydroxylation sites is 2. The lowest BCUT2D eigenvalue weighted by molar-refractivity contribution is -0.117. The fourth-order valence-electron chi connectivity index (χ4n) is 5.03. The molecule has 0 bridgehead atoms. The summed E-state index contributed by atoms with van der Waals surface area (Å²) < 4.78 is 5.42. The molecule has 6 aromatic rings. The van der Waals surface area contributed by atoms with Gasteiger partial charge in [0.25, 0.3) is 0 Å². The Morgan fingerprint density at radius 2 is 1.12 bits per heavy atom. The minimum absolute atomic E-state index is 0.0490. The Morgan fingerprint density at radius 1 is 0.695 bits per heavy atom. The van der Waals surface area contributed by atoms with E-state index in [1.165, 1.54) is 46.9 Å². The normalized spacial score (nSPS) is 10.3. The van der Waals surface area contributed by atoms with Crippen LogP contribution in [0.2, 0.25) is 10.0 Å². The van der Waals surface area contributed by atoms with Crippen molar-refractivity contribution in [2.45, 2.75) is 25.7 Å². The Bertz CT molecular complexity index is 2420. The summed E-state index contributed by atoms with van der Waals surface area (Å²) >= 11 is 24.6. The highest BCUT2D eigenvalue weighted by Crippen LogP contribution is 2.35. The van der Waals surface area contributed by atoms with Gasteiger partial charge in [0.15, 0.2) is 0 Å². The Morgan fingerprint density at radius 3 is 1.53 bits per heavy atom. The topological polar surface area (TPSA) is 188 Å². The van der Waals surface area contributed by atoms with E-state index >= 15 is 0 Å². The van der Waals surface area contributed by atoms with Crippen molar-refractivity contribution in [1.29, 1.82) is 0 Å². The zero-order chi connectivity index (χ0) is 43.1. The molecule has 0 aliphatic rings. The average molecular weight is 1070 g/mol. The number of halogens is 5. The number of carbonyl (C=O) groups is 4. The Hall–Kier alpha value is -4.30. The molecule has 0 saturated heterocycles. The third-order valence-electron chi connectivity index (χ3n) is 7.76.